The number of benzene rings is 1. The molecule has 7 heteroatoms. The van der Waals surface area contributed by atoms with Crippen molar-refractivity contribution in [3.63, 3.8) is 0 Å². The van der Waals surface area contributed by atoms with Gasteiger partial charge >= 0.3 is 0 Å². The van der Waals surface area contributed by atoms with E-state index in [1.165, 1.54) is 4.31 Å². The van der Waals surface area contributed by atoms with Gasteiger partial charge in [-0.25, -0.2) is 8.42 Å². The van der Waals surface area contributed by atoms with Crippen LogP contribution < -0.4 is 5.73 Å². The predicted molar refractivity (Wildman–Crippen MR) is 98.8 cm³/mol. The van der Waals surface area contributed by atoms with Crippen molar-refractivity contribution < 1.29 is 13.2 Å². The maximum absolute atomic E-state index is 12.8. The van der Waals surface area contributed by atoms with Gasteiger partial charge in [0.25, 0.3) is 0 Å². The maximum atomic E-state index is 12.8. The molecule has 1 fully saturated rings. The summed E-state index contributed by atoms with van der Waals surface area (Å²) < 4.78 is 27.0. The minimum absolute atomic E-state index is 0.0832. The molecule has 140 valence electrons. The molecule has 2 N–H and O–H groups in total. The Labute approximate surface area is 151 Å². The molecule has 0 saturated carbocycles. The lowest BCUT2D eigenvalue weighted by Gasteiger charge is -2.35. The largest absolute Gasteiger partial charge is 0.339 e. The second kappa shape index (κ2) is 8.29. The van der Waals surface area contributed by atoms with Gasteiger partial charge < -0.3 is 10.6 Å². The number of nitrogens with zero attached hydrogens (tertiary/aromatic N) is 2. The molecular formula is C18H29N3O3S. The first-order valence-electron chi connectivity index (χ1n) is 8.91. The summed E-state index contributed by atoms with van der Waals surface area (Å²) in [5, 5.41) is 0. The zero-order valence-corrected chi connectivity index (χ0v) is 16.1. The van der Waals surface area contributed by atoms with E-state index in [1.807, 2.05) is 19.1 Å². The van der Waals surface area contributed by atoms with Crippen LogP contribution in [0.15, 0.2) is 29.2 Å². The van der Waals surface area contributed by atoms with Gasteiger partial charge in [0.05, 0.1) is 10.9 Å². The number of carbonyl (C=O) groups is 1. The van der Waals surface area contributed by atoms with Crippen LogP contribution in [-0.4, -0.2) is 55.8 Å². The van der Waals surface area contributed by atoms with Crippen LogP contribution in [0.2, 0.25) is 0 Å². The molecule has 1 aromatic carbocycles. The monoisotopic (exact) mass is 367 g/mol. The van der Waals surface area contributed by atoms with Gasteiger partial charge in [-0.05, 0) is 30.0 Å². The van der Waals surface area contributed by atoms with Crippen molar-refractivity contribution in [1.29, 1.82) is 0 Å². The molecule has 1 amide bonds. The van der Waals surface area contributed by atoms with Crippen LogP contribution in [0.25, 0.3) is 0 Å². The van der Waals surface area contributed by atoms with E-state index < -0.39 is 16.1 Å². The lowest BCUT2D eigenvalue weighted by atomic mass is 10.0. The minimum atomic E-state index is -3.52. The van der Waals surface area contributed by atoms with Crippen molar-refractivity contribution in [1.82, 2.24) is 9.21 Å². The van der Waals surface area contributed by atoms with Crippen LogP contribution in [0.5, 0.6) is 0 Å². The Kier molecular flexibility index (Phi) is 6.59. The Balaban J connectivity index is 2.02. The van der Waals surface area contributed by atoms with Gasteiger partial charge in [0.15, 0.2) is 0 Å². The van der Waals surface area contributed by atoms with E-state index in [0.29, 0.717) is 43.4 Å². The SMILES string of the molecule is CCCC(N)C(=O)N1CCN(S(=O)(=O)c2ccc(C(C)C)cc2)CC1. The highest BCUT2D eigenvalue weighted by atomic mass is 32.2. The van der Waals surface area contributed by atoms with Crippen LogP contribution in [-0.2, 0) is 14.8 Å². The molecule has 1 saturated heterocycles. The van der Waals surface area contributed by atoms with Gasteiger partial charge in [0.2, 0.25) is 15.9 Å². The van der Waals surface area contributed by atoms with Gasteiger partial charge in [-0.3, -0.25) is 4.79 Å². The Morgan fingerprint density at radius 2 is 1.68 bits per heavy atom. The van der Waals surface area contributed by atoms with E-state index in [2.05, 4.69) is 13.8 Å². The Bertz CT molecular complexity index is 678. The second-order valence-electron chi connectivity index (χ2n) is 6.85. The molecule has 0 aromatic heterocycles. The maximum Gasteiger partial charge on any atom is 0.243 e. The van der Waals surface area contributed by atoms with Crippen molar-refractivity contribution in [3.8, 4) is 0 Å². The fourth-order valence-electron chi connectivity index (χ4n) is 2.99. The van der Waals surface area contributed by atoms with Crippen LogP contribution in [0.3, 0.4) is 0 Å². The van der Waals surface area contributed by atoms with Gasteiger partial charge in [-0.2, -0.15) is 4.31 Å². The zero-order chi connectivity index (χ0) is 18.6. The molecule has 0 radical (unpaired) electrons. The number of carbonyl (C=O) groups excluding carboxylic acids is 1. The Morgan fingerprint density at radius 1 is 1.12 bits per heavy atom. The number of nitrogens with two attached hydrogens (primary N) is 1. The van der Waals surface area contributed by atoms with Crippen LogP contribution in [0, 0.1) is 0 Å². The molecule has 0 bridgehead atoms. The first-order chi connectivity index (χ1) is 11.8. The van der Waals surface area contributed by atoms with Crippen LogP contribution in [0.4, 0.5) is 0 Å². The first-order valence-corrected chi connectivity index (χ1v) is 10.4. The Morgan fingerprint density at radius 3 is 2.16 bits per heavy atom. The van der Waals surface area contributed by atoms with Crippen molar-refractivity contribution in [3.05, 3.63) is 29.8 Å². The average molecular weight is 368 g/mol. The van der Waals surface area contributed by atoms with Gasteiger partial charge in [-0.1, -0.05) is 39.3 Å². The normalized spacial score (nSPS) is 17.7. The number of hydrogen-bond donors (Lipinski definition) is 1. The molecular weight excluding hydrogens is 338 g/mol. The summed E-state index contributed by atoms with van der Waals surface area (Å²) in [6, 6.07) is 6.57. The number of piperazine rings is 1. The summed E-state index contributed by atoms with van der Waals surface area (Å²) >= 11 is 0. The molecule has 0 aliphatic carbocycles. The summed E-state index contributed by atoms with van der Waals surface area (Å²) in [6.07, 6.45) is 1.51. The first kappa shape index (κ1) is 19.9. The molecule has 6 nitrogen and oxygen atoms in total. The highest BCUT2D eigenvalue weighted by Crippen LogP contribution is 2.21. The number of sulfonamides is 1. The van der Waals surface area contributed by atoms with E-state index in [0.717, 1.165) is 12.0 Å². The highest BCUT2D eigenvalue weighted by Gasteiger charge is 2.31. The number of rotatable bonds is 6. The Hall–Kier alpha value is -1.44. The molecule has 1 aliphatic rings. The van der Waals surface area contributed by atoms with Crippen molar-refractivity contribution >= 4 is 15.9 Å². The fraction of sp³-hybridized carbons (Fsp3) is 0.611. The molecule has 1 unspecified atom stereocenters. The third-order valence-corrected chi connectivity index (χ3v) is 6.56. The average Bonchev–Trinajstić information content (AvgIpc) is 2.61. The molecule has 25 heavy (non-hydrogen) atoms. The van der Waals surface area contributed by atoms with Crippen LogP contribution in [0.1, 0.15) is 45.1 Å². The predicted octanol–water partition coefficient (Wildman–Crippen LogP) is 1.77. The minimum Gasteiger partial charge on any atom is -0.339 e. The summed E-state index contributed by atoms with van der Waals surface area (Å²) in [4.78, 5) is 14.2. The number of hydrogen-bond acceptors (Lipinski definition) is 4. The summed E-state index contributed by atoms with van der Waals surface area (Å²) in [5.74, 6) is 0.277. The third kappa shape index (κ3) is 4.59. The van der Waals surface area contributed by atoms with E-state index in [-0.39, 0.29) is 5.91 Å². The lowest BCUT2D eigenvalue weighted by Crippen LogP contribution is -2.54. The summed E-state index contributed by atoms with van der Waals surface area (Å²) in [6.45, 7) is 7.52. The molecule has 0 spiro atoms. The van der Waals surface area contributed by atoms with Gasteiger partial charge in [-0.15, -0.1) is 0 Å². The topological polar surface area (TPSA) is 83.7 Å². The number of amides is 1. The highest BCUT2D eigenvalue weighted by molar-refractivity contribution is 7.89. The fourth-order valence-corrected chi connectivity index (χ4v) is 4.41. The van der Waals surface area contributed by atoms with Gasteiger partial charge in [0, 0.05) is 26.2 Å². The van der Waals surface area contributed by atoms with Crippen molar-refractivity contribution in [2.75, 3.05) is 26.2 Å². The van der Waals surface area contributed by atoms with E-state index in [1.54, 1.807) is 17.0 Å². The van der Waals surface area contributed by atoms with E-state index >= 15 is 0 Å². The molecule has 1 aliphatic heterocycles. The standard InChI is InChI=1S/C18H29N3O3S/c1-4-5-17(19)18(22)20-10-12-21(13-11-20)25(23,24)16-8-6-15(7-9-16)14(2)3/h6-9,14,17H,4-5,10-13,19H2,1-3H3. The van der Waals surface area contributed by atoms with Gasteiger partial charge in [0.1, 0.15) is 0 Å². The molecule has 1 atom stereocenters. The molecule has 1 heterocycles. The smallest absolute Gasteiger partial charge is 0.243 e. The van der Waals surface area contributed by atoms with E-state index in [4.69, 9.17) is 5.73 Å². The van der Waals surface area contributed by atoms with Crippen LogP contribution >= 0.6 is 0 Å². The molecule has 2 rings (SSSR count). The lowest BCUT2D eigenvalue weighted by molar-refractivity contribution is -0.133. The van der Waals surface area contributed by atoms with Crippen molar-refractivity contribution in [2.24, 2.45) is 5.73 Å². The third-order valence-electron chi connectivity index (χ3n) is 4.65. The van der Waals surface area contributed by atoms with Crippen molar-refractivity contribution in [2.45, 2.75) is 50.5 Å². The summed E-state index contributed by atoms with van der Waals surface area (Å²) in [5.41, 5.74) is 7.00. The summed E-state index contributed by atoms with van der Waals surface area (Å²) in [7, 11) is -3.52. The molecule has 1 aromatic rings. The zero-order valence-electron chi connectivity index (χ0n) is 15.3. The second-order valence-corrected chi connectivity index (χ2v) is 8.79. The quantitative estimate of drug-likeness (QED) is 0.830. The van der Waals surface area contributed by atoms with E-state index in [9.17, 15) is 13.2 Å².